The number of hydrogen-bond acceptors (Lipinski definition) is 2. The highest BCUT2D eigenvalue weighted by Gasteiger charge is 2.10. The minimum atomic E-state index is 0.0131. The van der Waals surface area contributed by atoms with Gasteiger partial charge in [0.05, 0.1) is 0 Å². The molecule has 2 aromatic rings. The maximum absolute atomic E-state index is 11.9. The lowest BCUT2D eigenvalue weighted by Crippen LogP contribution is -2.37. The van der Waals surface area contributed by atoms with Gasteiger partial charge in [-0.1, -0.05) is 60.2 Å². The number of carbonyl (C=O) groups is 2. The van der Waals surface area contributed by atoms with Gasteiger partial charge < -0.3 is 10.2 Å². The highest BCUT2D eigenvalue weighted by Crippen LogP contribution is 2.07. The van der Waals surface area contributed by atoms with Crippen LogP contribution in [0.1, 0.15) is 30.0 Å². The molecule has 4 nitrogen and oxygen atoms in total. The minimum Gasteiger partial charge on any atom is -0.354 e. The smallest absolute Gasteiger partial charge is 0.220 e. The van der Waals surface area contributed by atoms with Gasteiger partial charge in [-0.15, -0.1) is 0 Å². The summed E-state index contributed by atoms with van der Waals surface area (Å²) < 4.78 is 0. The summed E-state index contributed by atoms with van der Waals surface area (Å²) in [5.74, 6) is 0.0294. The van der Waals surface area contributed by atoms with E-state index < -0.39 is 0 Å². The number of nitrogens with one attached hydrogen (secondary N) is 1. The van der Waals surface area contributed by atoms with Gasteiger partial charge >= 0.3 is 0 Å². The van der Waals surface area contributed by atoms with E-state index in [1.165, 1.54) is 5.56 Å². The van der Waals surface area contributed by atoms with Crippen molar-refractivity contribution < 1.29 is 9.59 Å². The number of aryl methyl sites for hydroxylation is 2. The first-order valence-electron chi connectivity index (χ1n) is 8.66. The SMILES string of the molecule is CC(=O)N(CCNC(=O)CCc1ccccc1)Cc1ccc(C)cc1. The molecule has 0 atom stereocenters. The number of hydrogen-bond donors (Lipinski definition) is 1. The molecule has 0 spiro atoms. The van der Waals surface area contributed by atoms with E-state index in [0.717, 1.165) is 17.5 Å². The van der Waals surface area contributed by atoms with Crippen molar-refractivity contribution in [3.05, 3.63) is 71.3 Å². The zero-order chi connectivity index (χ0) is 18.1. The van der Waals surface area contributed by atoms with E-state index in [2.05, 4.69) is 5.32 Å². The van der Waals surface area contributed by atoms with Gasteiger partial charge in [-0.3, -0.25) is 9.59 Å². The van der Waals surface area contributed by atoms with Crippen LogP contribution in [0.3, 0.4) is 0 Å². The number of carbonyl (C=O) groups excluding carboxylic acids is 2. The molecule has 25 heavy (non-hydrogen) atoms. The van der Waals surface area contributed by atoms with Crippen LogP contribution >= 0.6 is 0 Å². The molecule has 0 unspecified atom stereocenters. The van der Waals surface area contributed by atoms with Crippen molar-refractivity contribution >= 4 is 11.8 Å². The third-order valence-corrected chi connectivity index (χ3v) is 4.13. The van der Waals surface area contributed by atoms with Crippen LogP contribution in [0.15, 0.2) is 54.6 Å². The summed E-state index contributed by atoms with van der Waals surface area (Å²) in [7, 11) is 0. The molecule has 2 rings (SSSR count). The van der Waals surface area contributed by atoms with Crippen molar-refractivity contribution in [1.82, 2.24) is 10.2 Å². The van der Waals surface area contributed by atoms with E-state index in [0.29, 0.717) is 26.1 Å². The lowest BCUT2D eigenvalue weighted by molar-refractivity contribution is -0.130. The van der Waals surface area contributed by atoms with Gasteiger partial charge in [0.25, 0.3) is 0 Å². The molecule has 0 aliphatic rings. The summed E-state index contributed by atoms with van der Waals surface area (Å²) in [4.78, 5) is 25.5. The first-order chi connectivity index (χ1) is 12.0. The summed E-state index contributed by atoms with van der Waals surface area (Å²) in [6.07, 6.45) is 1.19. The second-order valence-corrected chi connectivity index (χ2v) is 6.26. The van der Waals surface area contributed by atoms with Gasteiger partial charge in [-0.25, -0.2) is 0 Å². The summed E-state index contributed by atoms with van der Waals surface area (Å²) in [6.45, 7) is 5.15. The molecule has 2 aromatic carbocycles. The Labute approximate surface area is 149 Å². The molecular weight excluding hydrogens is 312 g/mol. The average Bonchev–Trinajstić information content (AvgIpc) is 2.61. The fraction of sp³-hybridized carbons (Fsp3) is 0.333. The molecule has 2 amide bonds. The molecule has 0 saturated carbocycles. The van der Waals surface area contributed by atoms with Crippen molar-refractivity contribution in [3.63, 3.8) is 0 Å². The predicted octanol–water partition coefficient (Wildman–Crippen LogP) is 3.09. The Morgan fingerprint density at radius 1 is 0.960 bits per heavy atom. The van der Waals surface area contributed by atoms with Crippen molar-refractivity contribution in [2.45, 2.75) is 33.2 Å². The number of benzene rings is 2. The lowest BCUT2D eigenvalue weighted by Gasteiger charge is -2.21. The number of nitrogens with zero attached hydrogens (tertiary/aromatic N) is 1. The Balaban J connectivity index is 1.74. The summed E-state index contributed by atoms with van der Waals surface area (Å²) >= 11 is 0. The molecule has 0 bridgehead atoms. The normalized spacial score (nSPS) is 10.3. The zero-order valence-corrected chi connectivity index (χ0v) is 15.0. The second kappa shape index (κ2) is 9.62. The average molecular weight is 338 g/mol. The van der Waals surface area contributed by atoms with E-state index in [4.69, 9.17) is 0 Å². The van der Waals surface area contributed by atoms with Crippen LogP contribution in [0.5, 0.6) is 0 Å². The van der Waals surface area contributed by atoms with E-state index >= 15 is 0 Å². The third kappa shape index (κ3) is 6.79. The van der Waals surface area contributed by atoms with E-state index in [1.807, 2.05) is 61.5 Å². The Morgan fingerprint density at radius 3 is 2.28 bits per heavy atom. The molecule has 0 heterocycles. The zero-order valence-electron chi connectivity index (χ0n) is 15.0. The summed E-state index contributed by atoms with van der Waals surface area (Å²) in [5.41, 5.74) is 3.45. The van der Waals surface area contributed by atoms with E-state index in [1.54, 1.807) is 11.8 Å². The van der Waals surface area contributed by atoms with Gasteiger partial charge in [0.2, 0.25) is 11.8 Å². The molecule has 1 N–H and O–H groups in total. The second-order valence-electron chi connectivity index (χ2n) is 6.26. The van der Waals surface area contributed by atoms with Crippen LogP contribution in [0.4, 0.5) is 0 Å². The number of amides is 2. The number of rotatable bonds is 8. The molecule has 0 aromatic heterocycles. The molecular formula is C21H26N2O2. The maximum atomic E-state index is 11.9. The monoisotopic (exact) mass is 338 g/mol. The molecule has 0 aliphatic carbocycles. The predicted molar refractivity (Wildman–Crippen MR) is 100 cm³/mol. The molecule has 0 aliphatic heterocycles. The lowest BCUT2D eigenvalue weighted by atomic mass is 10.1. The van der Waals surface area contributed by atoms with Crippen molar-refractivity contribution in [1.29, 1.82) is 0 Å². The fourth-order valence-corrected chi connectivity index (χ4v) is 2.58. The van der Waals surface area contributed by atoms with Crippen LogP contribution in [0, 0.1) is 6.92 Å². The van der Waals surface area contributed by atoms with Crippen LogP contribution in [0.25, 0.3) is 0 Å². The van der Waals surface area contributed by atoms with Crippen LogP contribution < -0.4 is 5.32 Å². The Bertz CT molecular complexity index is 681. The van der Waals surface area contributed by atoms with Gasteiger partial charge in [0.15, 0.2) is 0 Å². The van der Waals surface area contributed by atoms with E-state index in [-0.39, 0.29) is 11.8 Å². The highest BCUT2D eigenvalue weighted by molar-refractivity contribution is 5.76. The highest BCUT2D eigenvalue weighted by atomic mass is 16.2. The molecule has 0 saturated heterocycles. The van der Waals surface area contributed by atoms with Gasteiger partial charge in [0.1, 0.15) is 0 Å². The van der Waals surface area contributed by atoms with Gasteiger partial charge in [0, 0.05) is 33.0 Å². The Morgan fingerprint density at radius 2 is 1.64 bits per heavy atom. The summed E-state index contributed by atoms with van der Waals surface area (Å²) in [5, 5.41) is 2.90. The van der Waals surface area contributed by atoms with Crippen LogP contribution in [-0.2, 0) is 22.6 Å². The Hall–Kier alpha value is -2.62. The fourth-order valence-electron chi connectivity index (χ4n) is 2.58. The van der Waals surface area contributed by atoms with Gasteiger partial charge in [-0.05, 0) is 24.5 Å². The molecule has 0 radical (unpaired) electrons. The summed E-state index contributed by atoms with van der Waals surface area (Å²) in [6, 6.07) is 18.1. The first-order valence-corrected chi connectivity index (χ1v) is 8.66. The van der Waals surface area contributed by atoms with Crippen molar-refractivity contribution in [2.24, 2.45) is 0 Å². The molecule has 0 fully saturated rings. The first kappa shape index (κ1) is 18.7. The van der Waals surface area contributed by atoms with Crippen LogP contribution in [-0.4, -0.2) is 29.8 Å². The van der Waals surface area contributed by atoms with Gasteiger partial charge in [-0.2, -0.15) is 0 Å². The largest absolute Gasteiger partial charge is 0.354 e. The topological polar surface area (TPSA) is 49.4 Å². The van der Waals surface area contributed by atoms with Crippen molar-refractivity contribution in [3.8, 4) is 0 Å². The van der Waals surface area contributed by atoms with Crippen molar-refractivity contribution in [2.75, 3.05) is 13.1 Å². The van der Waals surface area contributed by atoms with E-state index in [9.17, 15) is 9.59 Å². The quantitative estimate of drug-likeness (QED) is 0.804. The standard InChI is InChI=1S/C21H26N2O2/c1-17-8-10-20(11-9-17)16-23(18(2)24)15-14-22-21(25)13-12-19-6-4-3-5-7-19/h3-11H,12-16H2,1-2H3,(H,22,25). The third-order valence-electron chi connectivity index (χ3n) is 4.13. The Kier molecular flexibility index (Phi) is 7.20. The molecule has 132 valence electrons. The maximum Gasteiger partial charge on any atom is 0.220 e. The molecule has 4 heteroatoms. The minimum absolute atomic E-state index is 0.0131. The van der Waals surface area contributed by atoms with Crippen LogP contribution in [0.2, 0.25) is 0 Å².